The Bertz CT molecular complexity index is 378. The standard InChI is InChI=1S/C10H12BrN3O/c1-13-7-5-14(6-7)8(4-12)9-2-3-10(11)15-9/h2-3,7-8,13H,5-6H2,1H3. The summed E-state index contributed by atoms with van der Waals surface area (Å²) in [6.45, 7) is 1.79. The van der Waals surface area contributed by atoms with E-state index in [1.807, 2.05) is 19.2 Å². The lowest BCUT2D eigenvalue weighted by molar-refractivity contribution is 0.0936. The maximum absolute atomic E-state index is 9.10. The lowest BCUT2D eigenvalue weighted by Crippen LogP contribution is -2.57. The highest BCUT2D eigenvalue weighted by Gasteiger charge is 2.33. The second kappa shape index (κ2) is 4.35. The Morgan fingerprint density at radius 2 is 2.40 bits per heavy atom. The minimum absolute atomic E-state index is 0.263. The second-order valence-electron chi connectivity index (χ2n) is 3.61. The molecule has 2 rings (SSSR count). The van der Waals surface area contributed by atoms with Crippen molar-refractivity contribution in [2.24, 2.45) is 0 Å². The van der Waals surface area contributed by atoms with Crippen LogP contribution in [0.25, 0.3) is 0 Å². The monoisotopic (exact) mass is 269 g/mol. The Hall–Kier alpha value is -0.830. The molecule has 1 fully saturated rings. The smallest absolute Gasteiger partial charge is 0.169 e. The van der Waals surface area contributed by atoms with Crippen LogP contribution in [0.5, 0.6) is 0 Å². The van der Waals surface area contributed by atoms with E-state index in [1.54, 1.807) is 0 Å². The van der Waals surface area contributed by atoms with Gasteiger partial charge in [-0.3, -0.25) is 4.90 Å². The van der Waals surface area contributed by atoms with Gasteiger partial charge in [0.15, 0.2) is 10.7 Å². The first-order valence-corrected chi connectivity index (χ1v) is 5.60. The van der Waals surface area contributed by atoms with E-state index in [0.717, 1.165) is 13.1 Å². The van der Waals surface area contributed by atoms with Crippen LogP contribution in [0.4, 0.5) is 0 Å². The molecule has 0 aliphatic carbocycles. The number of likely N-dealkylation sites (tertiary alicyclic amines) is 1. The number of nitrogens with zero attached hydrogens (tertiary/aromatic N) is 2. The Labute approximate surface area is 97.0 Å². The molecule has 0 amide bonds. The van der Waals surface area contributed by atoms with E-state index in [2.05, 4.69) is 32.2 Å². The fourth-order valence-electron chi connectivity index (χ4n) is 1.71. The fraction of sp³-hybridized carbons (Fsp3) is 0.500. The summed E-state index contributed by atoms with van der Waals surface area (Å²) in [5.74, 6) is 0.707. The predicted octanol–water partition coefficient (Wildman–Crippen LogP) is 1.51. The largest absolute Gasteiger partial charge is 0.452 e. The van der Waals surface area contributed by atoms with Crippen LogP contribution in [0.2, 0.25) is 0 Å². The molecule has 1 N–H and O–H groups in total. The zero-order valence-electron chi connectivity index (χ0n) is 8.40. The molecule has 1 unspecified atom stereocenters. The molecular weight excluding hydrogens is 258 g/mol. The van der Waals surface area contributed by atoms with Crippen LogP contribution in [0, 0.1) is 11.3 Å². The van der Waals surface area contributed by atoms with Crippen LogP contribution in [0.1, 0.15) is 11.8 Å². The van der Waals surface area contributed by atoms with Gasteiger partial charge >= 0.3 is 0 Å². The Balaban J connectivity index is 2.04. The molecule has 0 aromatic carbocycles. The number of furan rings is 1. The number of halogens is 1. The van der Waals surface area contributed by atoms with Crippen LogP contribution in [0.3, 0.4) is 0 Å². The Morgan fingerprint density at radius 3 is 2.87 bits per heavy atom. The summed E-state index contributed by atoms with van der Waals surface area (Å²) in [5.41, 5.74) is 0. The van der Waals surface area contributed by atoms with E-state index in [4.69, 9.17) is 9.68 Å². The van der Waals surface area contributed by atoms with Gasteiger partial charge in [-0.15, -0.1) is 0 Å². The molecule has 15 heavy (non-hydrogen) atoms. The van der Waals surface area contributed by atoms with Crippen molar-refractivity contribution in [1.29, 1.82) is 5.26 Å². The summed E-state index contributed by atoms with van der Waals surface area (Å²) in [6, 6.07) is 6.15. The van der Waals surface area contributed by atoms with E-state index in [1.165, 1.54) is 0 Å². The lowest BCUT2D eigenvalue weighted by atomic mass is 10.0. The van der Waals surface area contributed by atoms with Crippen molar-refractivity contribution >= 4 is 15.9 Å². The minimum Gasteiger partial charge on any atom is -0.452 e. The number of hydrogen-bond acceptors (Lipinski definition) is 4. The molecule has 1 aliphatic heterocycles. The van der Waals surface area contributed by atoms with Crippen molar-refractivity contribution in [1.82, 2.24) is 10.2 Å². The first-order valence-electron chi connectivity index (χ1n) is 4.80. The minimum atomic E-state index is -0.263. The first-order chi connectivity index (χ1) is 7.24. The summed E-state index contributed by atoms with van der Waals surface area (Å²) in [6.07, 6.45) is 0. The van der Waals surface area contributed by atoms with Gasteiger partial charge in [0.25, 0.3) is 0 Å². The first kappa shape index (κ1) is 10.7. The lowest BCUT2D eigenvalue weighted by Gasteiger charge is -2.40. The molecule has 2 heterocycles. The van der Waals surface area contributed by atoms with Crippen LogP contribution >= 0.6 is 15.9 Å². The van der Waals surface area contributed by atoms with E-state index >= 15 is 0 Å². The highest BCUT2D eigenvalue weighted by molar-refractivity contribution is 9.10. The summed E-state index contributed by atoms with van der Waals surface area (Å²) in [5, 5.41) is 12.3. The van der Waals surface area contributed by atoms with Crippen molar-refractivity contribution in [3.05, 3.63) is 22.6 Å². The molecule has 5 heteroatoms. The molecular formula is C10H12BrN3O. The van der Waals surface area contributed by atoms with E-state index in [9.17, 15) is 0 Å². The third-order valence-electron chi connectivity index (χ3n) is 2.67. The van der Waals surface area contributed by atoms with Crippen LogP contribution < -0.4 is 5.32 Å². The molecule has 0 saturated carbocycles. The van der Waals surface area contributed by atoms with Gasteiger partial charge in [-0.25, -0.2) is 0 Å². The van der Waals surface area contributed by atoms with Gasteiger partial charge in [0, 0.05) is 19.1 Å². The van der Waals surface area contributed by atoms with Crippen LogP contribution in [-0.4, -0.2) is 31.1 Å². The normalized spacial score (nSPS) is 19.5. The maximum Gasteiger partial charge on any atom is 0.169 e. The van der Waals surface area contributed by atoms with Crippen molar-refractivity contribution in [3.63, 3.8) is 0 Å². The number of likely N-dealkylation sites (N-methyl/N-ethyl adjacent to an activating group) is 1. The van der Waals surface area contributed by atoms with E-state index in [0.29, 0.717) is 16.5 Å². The molecule has 1 aromatic rings. The molecule has 1 saturated heterocycles. The molecule has 0 radical (unpaired) electrons. The predicted molar refractivity (Wildman–Crippen MR) is 59.2 cm³/mol. The van der Waals surface area contributed by atoms with Gasteiger partial charge in [0.1, 0.15) is 5.76 Å². The fourth-order valence-corrected chi connectivity index (χ4v) is 2.03. The van der Waals surface area contributed by atoms with E-state index < -0.39 is 0 Å². The van der Waals surface area contributed by atoms with Gasteiger partial charge in [0.05, 0.1) is 6.07 Å². The highest BCUT2D eigenvalue weighted by Crippen LogP contribution is 2.28. The molecule has 1 aromatic heterocycles. The van der Waals surface area contributed by atoms with Gasteiger partial charge in [-0.05, 0) is 35.1 Å². The molecule has 0 bridgehead atoms. The number of nitrogens with one attached hydrogen (secondary N) is 1. The highest BCUT2D eigenvalue weighted by atomic mass is 79.9. The van der Waals surface area contributed by atoms with E-state index in [-0.39, 0.29) is 6.04 Å². The Kier molecular flexibility index (Phi) is 3.10. The van der Waals surface area contributed by atoms with Crippen LogP contribution in [-0.2, 0) is 0 Å². The summed E-state index contributed by atoms with van der Waals surface area (Å²) < 4.78 is 6.06. The molecule has 1 atom stereocenters. The average Bonchev–Trinajstić information content (AvgIpc) is 2.57. The van der Waals surface area contributed by atoms with Gasteiger partial charge < -0.3 is 9.73 Å². The number of hydrogen-bond donors (Lipinski definition) is 1. The third kappa shape index (κ3) is 2.07. The van der Waals surface area contributed by atoms with Crippen molar-refractivity contribution in [2.75, 3.05) is 20.1 Å². The summed E-state index contributed by atoms with van der Waals surface area (Å²) >= 11 is 3.24. The molecule has 80 valence electrons. The topological polar surface area (TPSA) is 52.2 Å². The van der Waals surface area contributed by atoms with Crippen molar-refractivity contribution < 1.29 is 4.42 Å². The molecule has 4 nitrogen and oxygen atoms in total. The van der Waals surface area contributed by atoms with Gasteiger partial charge in [0.2, 0.25) is 0 Å². The number of rotatable bonds is 3. The summed E-state index contributed by atoms with van der Waals surface area (Å²) in [7, 11) is 1.94. The molecule has 1 aliphatic rings. The van der Waals surface area contributed by atoms with Crippen molar-refractivity contribution in [3.8, 4) is 6.07 Å². The second-order valence-corrected chi connectivity index (χ2v) is 4.39. The third-order valence-corrected chi connectivity index (χ3v) is 3.10. The quantitative estimate of drug-likeness (QED) is 0.904. The SMILES string of the molecule is CNC1CN(C(C#N)c2ccc(Br)o2)C1. The summed E-state index contributed by atoms with van der Waals surface area (Å²) in [4.78, 5) is 2.09. The molecule has 0 spiro atoms. The maximum atomic E-state index is 9.10. The number of nitriles is 1. The zero-order chi connectivity index (χ0) is 10.8. The Morgan fingerprint density at radius 1 is 1.67 bits per heavy atom. The zero-order valence-corrected chi connectivity index (χ0v) is 9.99. The van der Waals surface area contributed by atoms with Crippen LogP contribution in [0.15, 0.2) is 21.2 Å². The van der Waals surface area contributed by atoms with Gasteiger partial charge in [-0.2, -0.15) is 5.26 Å². The average molecular weight is 270 g/mol. The van der Waals surface area contributed by atoms with Crippen molar-refractivity contribution in [2.45, 2.75) is 12.1 Å². The van der Waals surface area contributed by atoms with Gasteiger partial charge in [-0.1, -0.05) is 0 Å².